The second-order valence-electron chi connectivity index (χ2n) is 8.01. The van der Waals surface area contributed by atoms with Crippen molar-refractivity contribution in [3.8, 4) is 5.75 Å². The number of para-hydroxylation sites is 1. The molecule has 9 heteroatoms. The van der Waals surface area contributed by atoms with Gasteiger partial charge in [-0.05, 0) is 67.3 Å². The van der Waals surface area contributed by atoms with E-state index in [2.05, 4.69) is 21.2 Å². The number of carbonyl (C=O) groups excluding carboxylic acids is 3. The number of nitrogens with zero attached hydrogens (tertiary/aromatic N) is 1. The number of hydrogen-bond donors (Lipinski definition) is 3. The number of amides is 3. The highest BCUT2D eigenvalue weighted by Gasteiger charge is 2.14. The van der Waals surface area contributed by atoms with Gasteiger partial charge in [-0.1, -0.05) is 54.4 Å². The largest absolute Gasteiger partial charge is 0.482 e. The zero-order chi connectivity index (χ0) is 26.1. The molecule has 36 heavy (non-hydrogen) atoms. The molecule has 3 amide bonds. The second kappa shape index (κ2) is 12.5. The highest BCUT2D eigenvalue weighted by molar-refractivity contribution is 6.39. The number of nitrogens with one attached hydrogen (secondary N) is 3. The maximum Gasteiger partial charge on any atom is 0.329 e. The van der Waals surface area contributed by atoms with Gasteiger partial charge in [0.1, 0.15) is 5.75 Å². The van der Waals surface area contributed by atoms with Crippen LogP contribution in [0.5, 0.6) is 5.75 Å². The van der Waals surface area contributed by atoms with Gasteiger partial charge in [0.25, 0.3) is 5.91 Å². The molecule has 0 heterocycles. The molecular weight excluding hydrogens is 480 g/mol. The van der Waals surface area contributed by atoms with Gasteiger partial charge in [0, 0.05) is 11.4 Å². The Kier molecular flexibility index (Phi) is 9.19. The Balaban J connectivity index is 1.50. The first-order valence-electron chi connectivity index (χ1n) is 11.3. The third kappa shape index (κ3) is 7.41. The van der Waals surface area contributed by atoms with Gasteiger partial charge in [-0.25, -0.2) is 5.43 Å². The lowest BCUT2D eigenvalue weighted by molar-refractivity contribution is -0.136. The van der Waals surface area contributed by atoms with Crippen LogP contribution < -0.4 is 20.8 Å². The SMILES string of the molecule is CCc1ccccc1NC(=O)C(=O)N/N=C\c1ccc(OCC(=O)Nc2ccc(C)cc2C)c(Cl)c1. The summed E-state index contributed by atoms with van der Waals surface area (Å²) in [7, 11) is 0. The van der Waals surface area contributed by atoms with Gasteiger partial charge in [0.2, 0.25) is 0 Å². The lowest BCUT2D eigenvalue weighted by atomic mass is 10.1. The van der Waals surface area contributed by atoms with Crippen molar-refractivity contribution in [2.45, 2.75) is 27.2 Å². The van der Waals surface area contributed by atoms with Gasteiger partial charge in [-0.2, -0.15) is 5.10 Å². The molecule has 0 saturated heterocycles. The van der Waals surface area contributed by atoms with E-state index >= 15 is 0 Å². The average molecular weight is 507 g/mol. The van der Waals surface area contributed by atoms with Crippen LogP contribution in [-0.2, 0) is 20.8 Å². The fraction of sp³-hybridized carbons (Fsp3) is 0.185. The molecule has 0 spiro atoms. The molecule has 3 rings (SSSR count). The maximum atomic E-state index is 12.2. The molecule has 186 valence electrons. The first-order chi connectivity index (χ1) is 17.3. The number of aryl methyl sites for hydroxylation is 3. The average Bonchev–Trinajstić information content (AvgIpc) is 2.85. The topological polar surface area (TPSA) is 109 Å². The van der Waals surface area contributed by atoms with E-state index in [9.17, 15) is 14.4 Å². The Hall–Kier alpha value is -4.17. The smallest absolute Gasteiger partial charge is 0.329 e. The summed E-state index contributed by atoms with van der Waals surface area (Å²) in [5.41, 5.74) is 7.03. The van der Waals surface area contributed by atoms with Crippen molar-refractivity contribution in [1.82, 2.24) is 5.43 Å². The van der Waals surface area contributed by atoms with Gasteiger partial charge in [-0.3, -0.25) is 14.4 Å². The summed E-state index contributed by atoms with van der Waals surface area (Å²) in [5, 5.41) is 9.45. The number of hydrazone groups is 1. The molecular formula is C27H27ClN4O4. The van der Waals surface area contributed by atoms with Crippen LogP contribution in [-0.4, -0.2) is 30.5 Å². The van der Waals surface area contributed by atoms with Crippen molar-refractivity contribution < 1.29 is 19.1 Å². The minimum Gasteiger partial charge on any atom is -0.482 e. The van der Waals surface area contributed by atoms with Crippen molar-refractivity contribution in [2.24, 2.45) is 5.10 Å². The summed E-state index contributed by atoms with van der Waals surface area (Å²) >= 11 is 6.26. The summed E-state index contributed by atoms with van der Waals surface area (Å²) in [6, 6.07) is 17.8. The maximum absolute atomic E-state index is 12.2. The van der Waals surface area contributed by atoms with E-state index in [-0.39, 0.29) is 17.5 Å². The van der Waals surface area contributed by atoms with Crippen molar-refractivity contribution in [1.29, 1.82) is 0 Å². The second-order valence-corrected chi connectivity index (χ2v) is 8.42. The highest BCUT2D eigenvalue weighted by Crippen LogP contribution is 2.25. The predicted octanol–water partition coefficient (Wildman–Crippen LogP) is 4.63. The highest BCUT2D eigenvalue weighted by atomic mass is 35.5. The van der Waals surface area contributed by atoms with E-state index in [0.717, 1.165) is 22.4 Å². The van der Waals surface area contributed by atoms with E-state index in [1.165, 1.54) is 6.21 Å². The number of benzene rings is 3. The third-order valence-corrected chi connectivity index (χ3v) is 5.50. The van der Waals surface area contributed by atoms with Gasteiger partial charge < -0.3 is 15.4 Å². The van der Waals surface area contributed by atoms with Crippen molar-refractivity contribution >= 4 is 46.9 Å². The van der Waals surface area contributed by atoms with Crippen LogP contribution in [0.3, 0.4) is 0 Å². The van der Waals surface area contributed by atoms with Gasteiger partial charge >= 0.3 is 11.8 Å². The monoisotopic (exact) mass is 506 g/mol. The molecule has 0 aromatic heterocycles. The molecule has 3 N–H and O–H groups in total. The number of ether oxygens (including phenoxy) is 1. The van der Waals surface area contributed by atoms with Gasteiger partial charge in [0.05, 0.1) is 11.2 Å². The van der Waals surface area contributed by atoms with E-state index in [4.69, 9.17) is 16.3 Å². The van der Waals surface area contributed by atoms with Crippen LogP contribution >= 0.6 is 11.6 Å². The molecule has 0 saturated carbocycles. The Morgan fingerprint density at radius 1 is 0.944 bits per heavy atom. The Bertz CT molecular complexity index is 1310. The molecule has 3 aromatic rings. The van der Waals surface area contributed by atoms with Crippen molar-refractivity contribution in [3.05, 3.63) is 87.9 Å². The minimum absolute atomic E-state index is 0.215. The number of hydrogen-bond acceptors (Lipinski definition) is 5. The fourth-order valence-electron chi connectivity index (χ4n) is 3.34. The zero-order valence-electron chi connectivity index (χ0n) is 20.2. The number of carbonyl (C=O) groups is 3. The molecule has 0 aliphatic carbocycles. The van der Waals surface area contributed by atoms with Crippen LogP contribution in [0.25, 0.3) is 0 Å². The van der Waals surface area contributed by atoms with Gasteiger partial charge in [0.15, 0.2) is 6.61 Å². The Morgan fingerprint density at radius 3 is 2.44 bits per heavy atom. The predicted molar refractivity (Wildman–Crippen MR) is 142 cm³/mol. The summed E-state index contributed by atoms with van der Waals surface area (Å²) in [5.74, 6) is -1.72. The lowest BCUT2D eigenvalue weighted by Crippen LogP contribution is -2.32. The quantitative estimate of drug-likeness (QED) is 0.235. The van der Waals surface area contributed by atoms with Crippen LogP contribution in [0, 0.1) is 13.8 Å². The number of halogens is 1. The van der Waals surface area contributed by atoms with Crippen LogP contribution in [0.1, 0.15) is 29.2 Å². The Labute approximate surface area is 214 Å². The van der Waals surface area contributed by atoms with Crippen LogP contribution in [0.4, 0.5) is 11.4 Å². The van der Waals surface area contributed by atoms with Crippen molar-refractivity contribution in [3.63, 3.8) is 0 Å². The third-order valence-electron chi connectivity index (χ3n) is 5.20. The fourth-order valence-corrected chi connectivity index (χ4v) is 3.59. The lowest BCUT2D eigenvalue weighted by Gasteiger charge is -2.11. The molecule has 3 aromatic carbocycles. The molecule has 8 nitrogen and oxygen atoms in total. The number of anilines is 2. The summed E-state index contributed by atoms with van der Waals surface area (Å²) in [6.45, 7) is 5.64. The van der Waals surface area contributed by atoms with Crippen LogP contribution in [0.15, 0.2) is 65.8 Å². The molecule has 0 radical (unpaired) electrons. The zero-order valence-corrected chi connectivity index (χ0v) is 21.0. The minimum atomic E-state index is -0.905. The normalized spacial score (nSPS) is 10.7. The van der Waals surface area contributed by atoms with E-state index in [0.29, 0.717) is 23.4 Å². The molecule has 0 bridgehead atoms. The first kappa shape index (κ1) is 26.4. The van der Waals surface area contributed by atoms with E-state index in [1.807, 2.05) is 51.1 Å². The molecule has 0 aliphatic rings. The summed E-state index contributed by atoms with van der Waals surface area (Å²) in [4.78, 5) is 36.4. The number of rotatable bonds is 8. The molecule has 0 atom stereocenters. The first-order valence-corrected chi connectivity index (χ1v) is 11.7. The van der Waals surface area contributed by atoms with E-state index < -0.39 is 11.8 Å². The van der Waals surface area contributed by atoms with Crippen molar-refractivity contribution in [2.75, 3.05) is 17.2 Å². The molecule has 0 fully saturated rings. The van der Waals surface area contributed by atoms with E-state index in [1.54, 1.807) is 30.3 Å². The Morgan fingerprint density at radius 2 is 1.72 bits per heavy atom. The van der Waals surface area contributed by atoms with Crippen LogP contribution in [0.2, 0.25) is 5.02 Å². The summed E-state index contributed by atoms with van der Waals surface area (Å²) in [6.07, 6.45) is 2.06. The molecule has 0 unspecified atom stereocenters. The summed E-state index contributed by atoms with van der Waals surface area (Å²) < 4.78 is 5.53. The molecule has 0 aliphatic heterocycles. The van der Waals surface area contributed by atoms with Gasteiger partial charge in [-0.15, -0.1) is 0 Å². The standard InChI is InChI=1S/C27H27ClN4O4/c1-4-20-7-5-6-8-23(20)31-26(34)27(35)32-29-15-19-10-12-24(21(28)14-19)36-16-25(33)30-22-11-9-17(2)13-18(22)3/h5-15H,4,16H2,1-3H3,(H,30,33)(H,31,34)(H,32,35)/b29-15-.